The van der Waals surface area contributed by atoms with Crippen molar-refractivity contribution in [3.8, 4) is 0 Å². The van der Waals surface area contributed by atoms with E-state index in [1.807, 2.05) is 36.9 Å². The largest absolute Gasteiger partial charge is 0.449 e. The van der Waals surface area contributed by atoms with Crippen LogP contribution >= 0.6 is 0 Å². The molecule has 0 radical (unpaired) electrons. The number of benzene rings is 2. The van der Waals surface area contributed by atoms with Gasteiger partial charge in [-0.25, -0.2) is 4.79 Å². The van der Waals surface area contributed by atoms with Gasteiger partial charge in [0.15, 0.2) is 6.10 Å². The summed E-state index contributed by atoms with van der Waals surface area (Å²) in [4.78, 5) is 37.9. The number of hydrogen-bond donors (Lipinski definition) is 1. The van der Waals surface area contributed by atoms with Gasteiger partial charge in [-0.05, 0) is 44.0 Å². The molecule has 1 heterocycles. The number of amides is 1. The number of hydrogen-bond acceptors (Lipinski definition) is 7. The standard InChI is InChI=1S/C22H25N3O6/c1-14-5-4-6-15(2)20(14)23-21(26)16(3)31-22(27)17-7-8-18(19(13-17)25(28)29)24-9-11-30-12-10-24/h4-8,13,16H,9-12H2,1-3H3,(H,23,26). The zero-order chi connectivity index (χ0) is 22.5. The lowest BCUT2D eigenvalue weighted by Gasteiger charge is -2.28. The highest BCUT2D eigenvalue weighted by molar-refractivity contribution is 5.98. The summed E-state index contributed by atoms with van der Waals surface area (Å²) >= 11 is 0. The Morgan fingerprint density at radius 2 is 1.81 bits per heavy atom. The number of carbonyl (C=O) groups is 2. The molecule has 1 N–H and O–H groups in total. The molecular weight excluding hydrogens is 402 g/mol. The first-order chi connectivity index (χ1) is 14.8. The van der Waals surface area contributed by atoms with Gasteiger partial charge in [0.25, 0.3) is 11.6 Å². The Kier molecular flexibility index (Phi) is 6.86. The quantitative estimate of drug-likeness (QED) is 0.428. The molecule has 164 valence electrons. The van der Waals surface area contributed by atoms with Crippen LogP contribution in [0.4, 0.5) is 17.1 Å². The maximum atomic E-state index is 12.5. The number of nitro groups is 1. The van der Waals surface area contributed by atoms with Crippen LogP contribution < -0.4 is 10.2 Å². The first kappa shape index (κ1) is 22.2. The van der Waals surface area contributed by atoms with E-state index in [4.69, 9.17) is 9.47 Å². The zero-order valence-electron chi connectivity index (χ0n) is 17.7. The van der Waals surface area contributed by atoms with Gasteiger partial charge >= 0.3 is 5.97 Å². The molecule has 9 heteroatoms. The highest BCUT2D eigenvalue weighted by Crippen LogP contribution is 2.30. The summed E-state index contributed by atoms with van der Waals surface area (Å²) in [5.74, 6) is -1.29. The maximum absolute atomic E-state index is 12.5. The molecular formula is C22H25N3O6. The van der Waals surface area contributed by atoms with E-state index < -0.39 is 22.9 Å². The van der Waals surface area contributed by atoms with E-state index >= 15 is 0 Å². The van der Waals surface area contributed by atoms with Gasteiger partial charge in [0.05, 0.1) is 23.7 Å². The molecule has 0 saturated carbocycles. The number of para-hydroxylation sites is 1. The van der Waals surface area contributed by atoms with Crippen molar-refractivity contribution in [3.63, 3.8) is 0 Å². The minimum absolute atomic E-state index is 0.00966. The van der Waals surface area contributed by atoms with Gasteiger partial charge in [-0.1, -0.05) is 18.2 Å². The van der Waals surface area contributed by atoms with Gasteiger partial charge in [0.2, 0.25) is 0 Å². The second-order valence-corrected chi connectivity index (χ2v) is 7.36. The zero-order valence-corrected chi connectivity index (χ0v) is 17.7. The number of morpholine rings is 1. The third-order valence-electron chi connectivity index (χ3n) is 5.14. The van der Waals surface area contributed by atoms with Gasteiger partial charge in [-0.3, -0.25) is 14.9 Å². The molecule has 1 saturated heterocycles. The van der Waals surface area contributed by atoms with Crippen LogP contribution in [-0.2, 0) is 14.3 Å². The fraction of sp³-hybridized carbons (Fsp3) is 0.364. The minimum Gasteiger partial charge on any atom is -0.449 e. The summed E-state index contributed by atoms with van der Waals surface area (Å²) in [6.07, 6.45) is -1.08. The van der Waals surface area contributed by atoms with E-state index in [9.17, 15) is 19.7 Å². The molecule has 2 aromatic carbocycles. The Morgan fingerprint density at radius 3 is 2.42 bits per heavy atom. The van der Waals surface area contributed by atoms with Gasteiger partial charge in [0, 0.05) is 24.8 Å². The number of rotatable bonds is 6. The summed E-state index contributed by atoms with van der Waals surface area (Å²) < 4.78 is 10.5. The van der Waals surface area contributed by atoms with Crippen molar-refractivity contribution in [2.24, 2.45) is 0 Å². The van der Waals surface area contributed by atoms with Crippen molar-refractivity contribution in [2.45, 2.75) is 26.9 Å². The third kappa shape index (κ3) is 5.18. The summed E-state index contributed by atoms with van der Waals surface area (Å²) in [7, 11) is 0. The molecule has 1 amide bonds. The highest BCUT2D eigenvalue weighted by Gasteiger charge is 2.25. The number of carbonyl (C=O) groups excluding carboxylic acids is 2. The molecule has 3 rings (SSSR count). The number of nitrogens with zero attached hydrogens (tertiary/aromatic N) is 2. The molecule has 0 aromatic heterocycles. The normalized spacial score (nSPS) is 14.6. The van der Waals surface area contributed by atoms with E-state index in [0.29, 0.717) is 37.7 Å². The molecule has 1 aliphatic heterocycles. The van der Waals surface area contributed by atoms with Crippen molar-refractivity contribution >= 4 is 28.9 Å². The van der Waals surface area contributed by atoms with Crippen molar-refractivity contribution in [2.75, 3.05) is 36.5 Å². The fourth-order valence-electron chi connectivity index (χ4n) is 3.39. The average Bonchev–Trinajstić information content (AvgIpc) is 2.76. The van der Waals surface area contributed by atoms with Crippen LogP contribution in [0.15, 0.2) is 36.4 Å². The van der Waals surface area contributed by atoms with Crippen LogP contribution in [0.3, 0.4) is 0 Å². The molecule has 2 aromatic rings. The van der Waals surface area contributed by atoms with Gasteiger partial charge in [-0.2, -0.15) is 0 Å². The fourth-order valence-corrected chi connectivity index (χ4v) is 3.39. The molecule has 1 aliphatic rings. The predicted octanol–water partition coefficient (Wildman–Crippen LogP) is 3.23. The van der Waals surface area contributed by atoms with Gasteiger partial charge < -0.3 is 19.7 Å². The van der Waals surface area contributed by atoms with E-state index in [2.05, 4.69) is 5.32 Å². The second-order valence-electron chi connectivity index (χ2n) is 7.36. The third-order valence-corrected chi connectivity index (χ3v) is 5.14. The highest BCUT2D eigenvalue weighted by atomic mass is 16.6. The van der Waals surface area contributed by atoms with Crippen LogP contribution in [0.25, 0.3) is 0 Å². The second kappa shape index (κ2) is 9.57. The van der Waals surface area contributed by atoms with Crippen LogP contribution in [0.5, 0.6) is 0 Å². The summed E-state index contributed by atoms with van der Waals surface area (Å²) in [5, 5.41) is 14.3. The van der Waals surface area contributed by atoms with E-state index in [0.717, 1.165) is 11.1 Å². The minimum atomic E-state index is -1.08. The SMILES string of the molecule is Cc1cccc(C)c1NC(=O)C(C)OC(=O)c1ccc(N2CCOCC2)c([N+](=O)[O-])c1. The van der Waals surface area contributed by atoms with Crippen LogP contribution in [-0.4, -0.2) is 49.2 Å². The van der Waals surface area contributed by atoms with E-state index in [1.165, 1.54) is 25.1 Å². The number of esters is 1. The molecule has 1 fully saturated rings. The summed E-state index contributed by atoms with van der Waals surface area (Å²) in [6.45, 7) is 7.21. The maximum Gasteiger partial charge on any atom is 0.339 e. The lowest BCUT2D eigenvalue weighted by atomic mass is 10.1. The smallest absolute Gasteiger partial charge is 0.339 e. The van der Waals surface area contributed by atoms with Crippen LogP contribution in [0, 0.1) is 24.0 Å². The topological polar surface area (TPSA) is 111 Å². The monoisotopic (exact) mass is 427 g/mol. The van der Waals surface area contributed by atoms with E-state index in [1.54, 1.807) is 0 Å². The molecule has 0 aliphatic carbocycles. The van der Waals surface area contributed by atoms with Crippen LogP contribution in [0.2, 0.25) is 0 Å². The Bertz CT molecular complexity index is 980. The number of aryl methyl sites for hydroxylation is 2. The lowest BCUT2D eigenvalue weighted by Crippen LogP contribution is -2.36. The average molecular weight is 427 g/mol. The Labute approximate surface area is 180 Å². The number of ether oxygens (including phenoxy) is 2. The summed E-state index contributed by atoms with van der Waals surface area (Å²) in [6, 6.07) is 9.81. The van der Waals surface area contributed by atoms with Crippen molar-refractivity contribution in [1.82, 2.24) is 0 Å². The van der Waals surface area contributed by atoms with Crippen molar-refractivity contribution in [1.29, 1.82) is 0 Å². The molecule has 1 atom stereocenters. The van der Waals surface area contributed by atoms with Crippen molar-refractivity contribution in [3.05, 3.63) is 63.2 Å². The molecule has 9 nitrogen and oxygen atoms in total. The molecule has 31 heavy (non-hydrogen) atoms. The first-order valence-corrected chi connectivity index (χ1v) is 9.97. The molecule has 0 spiro atoms. The number of nitrogens with one attached hydrogen (secondary N) is 1. The van der Waals surface area contributed by atoms with Crippen molar-refractivity contribution < 1.29 is 24.0 Å². The van der Waals surface area contributed by atoms with E-state index in [-0.39, 0.29) is 11.3 Å². The molecule has 0 bridgehead atoms. The predicted molar refractivity (Wildman–Crippen MR) is 116 cm³/mol. The Morgan fingerprint density at radius 1 is 1.16 bits per heavy atom. The van der Waals surface area contributed by atoms with Gasteiger partial charge in [-0.15, -0.1) is 0 Å². The number of anilines is 2. The Balaban J connectivity index is 1.72. The molecule has 1 unspecified atom stereocenters. The van der Waals surface area contributed by atoms with Gasteiger partial charge in [0.1, 0.15) is 5.69 Å². The lowest BCUT2D eigenvalue weighted by molar-refractivity contribution is -0.384. The van der Waals surface area contributed by atoms with Crippen LogP contribution in [0.1, 0.15) is 28.4 Å². The first-order valence-electron chi connectivity index (χ1n) is 9.97. The number of nitro benzene ring substituents is 1. The summed E-state index contributed by atoms with van der Waals surface area (Å²) in [5.41, 5.74) is 2.69. The Hall–Kier alpha value is -3.46.